The molecular formula is C34H33F2N7O7. The van der Waals surface area contributed by atoms with Crippen molar-refractivity contribution in [2.24, 2.45) is 0 Å². The van der Waals surface area contributed by atoms with Crippen LogP contribution in [0.5, 0.6) is 0 Å². The number of nitrogens with one attached hydrogen (secondary N) is 4. The standard InChI is InChI=1S/C34H33F2N7O7/c1-2-38-27(44)19-40-32(48)34(35,36)29(46)25(16-22-10-5-3-6-11-22)41-28(45)20-43-30(24-14-9-15-37-17-24)39-18-26(31(43)47)42-33(49)50-21-23-12-7-4-8-13-23/h3-15,17-18,25H,2,16,19-21H2,1H3,(H,38,44)(H,40,48)(H,41,45)(H,42,49). The first-order chi connectivity index (χ1) is 24.0. The Labute approximate surface area is 284 Å². The van der Waals surface area contributed by atoms with Gasteiger partial charge in [0, 0.05) is 30.9 Å². The SMILES string of the molecule is CCNC(=O)CNC(=O)C(F)(F)C(=O)C(Cc1ccccc1)NC(=O)Cn1c(-c2cccnc2)ncc(NC(=O)OCc2ccccc2)c1=O. The van der Waals surface area contributed by atoms with Crippen LogP contribution in [0.1, 0.15) is 18.1 Å². The molecule has 0 bridgehead atoms. The highest BCUT2D eigenvalue weighted by Gasteiger charge is 2.50. The number of benzene rings is 2. The lowest BCUT2D eigenvalue weighted by molar-refractivity contribution is -0.160. The van der Waals surface area contributed by atoms with Crippen LogP contribution in [-0.4, -0.2) is 69.2 Å². The number of amides is 4. The molecule has 16 heteroatoms. The number of carbonyl (C=O) groups excluding carboxylic acids is 5. The maximum absolute atomic E-state index is 15.2. The van der Waals surface area contributed by atoms with E-state index in [1.165, 1.54) is 24.5 Å². The predicted octanol–water partition coefficient (Wildman–Crippen LogP) is 2.24. The molecule has 0 saturated heterocycles. The number of rotatable bonds is 15. The largest absolute Gasteiger partial charge is 0.444 e. The summed E-state index contributed by atoms with van der Waals surface area (Å²) in [6, 6.07) is 17.8. The van der Waals surface area contributed by atoms with Crippen molar-refractivity contribution in [1.82, 2.24) is 30.5 Å². The zero-order chi connectivity index (χ0) is 36.1. The normalized spacial score (nSPS) is 11.5. The fourth-order valence-corrected chi connectivity index (χ4v) is 4.62. The average Bonchev–Trinajstić information content (AvgIpc) is 3.12. The van der Waals surface area contributed by atoms with Crippen LogP contribution in [-0.2, 0) is 43.5 Å². The van der Waals surface area contributed by atoms with E-state index in [1.807, 2.05) is 0 Å². The van der Waals surface area contributed by atoms with Crippen molar-refractivity contribution in [3.8, 4) is 11.4 Å². The summed E-state index contributed by atoms with van der Waals surface area (Å²) in [6.07, 6.45) is 2.45. The van der Waals surface area contributed by atoms with Gasteiger partial charge in [0.05, 0.1) is 18.8 Å². The van der Waals surface area contributed by atoms with Crippen LogP contribution in [0.15, 0.2) is 96.2 Å². The summed E-state index contributed by atoms with van der Waals surface area (Å²) in [5.41, 5.74) is 0.0800. The highest BCUT2D eigenvalue weighted by molar-refractivity contribution is 6.11. The number of hydrogen-bond acceptors (Lipinski definition) is 9. The zero-order valence-electron chi connectivity index (χ0n) is 26.7. The molecule has 260 valence electrons. The molecule has 0 fully saturated rings. The number of hydrogen-bond donors (Lipinski definition) is 4. The number of halogens is 2. The van der Waals surface area contributed by atoms with Crippen LogP contribution in [0, 0.1) is 0 Å². The molecule has 2 heterocycles. The number of aromatic nitrogens is 3. The Morgan fingerprint density at radius 1 is 0.880 bits per heavy atom. The van der Waals surface area contributed by atoms with E-state index in [2.05, 4.69) is 25.9 Å². The third kappa shape index (κ3) is 9.85. The number of carbonyl (C=O) groups is 5. The van der Waals surface area contributed by atoms with Gasteiger partial charge in [-0.05, 0) is 30.2 Å². The van der Waals surface area contributed by atoms with Crippen molar-refractivity contribution < 1.29 is 37.5 Å². The maximum Gasteiger partial charge on any atom is 0.412 e. The van der Waals surface area contributed by atoms with Gasteiger partial charge in [-0.1, -0.05) is 60.7 Å². The van der Waals surface area contributed by atoms with Gasteiger partial charge in [-0.25, -0.2) is 9.78 Å². The minimum absolute atomic E-state index is 0.0672. The molecule has 4 rings (SSSR count). The van der Waals surface area contributed by atoms with Gasteiger partial charge in [0.1, 0.15) is 24.7 Å². The Hall–Kier alpha value is -6.32. The van der Waals surface area contributed by atoms with Crippen molar-refractivity contribution in [2.45, 2.75) is 38.5 Å². The number of alkyl halides is 2. The second kappa shape index (κ2) is 17.2. The van der Waals surface area contributed by atoms with Crippen LogP contribution in [0.2, 0.25) is 0 Å². The summed E-state index contributed by atoms with van der Waals surface area (Å²) in [6.45, 7) is 0.0244. The Balaban J connectivity index is 1.59. The van der Waals surface area contributed by atoms with Gasteiger partial charge in [-0.15, -0.1) is 0 Å². The van der Waals surface area contributed by atoms with Gasteiger partial charge < -0.3 is 20.7 Å². The predicted molar refractivity (Wildman–Crippen MR) is 176 cm³/mol. The van der Waals surface area contributed by atoms with Crippen LogP contribution in [0.25, 0.3) is 11.4 Å². The number of pyridine rings is 1. The lowest BCUT2D eigenvalue weighted by atomic mass is 9.98. The van der Waals surface area contributed by atoms with Crippen LogP contribution in [0.4, 0.5) is 19.3 Å². The van der Waals surface area contributed by atoms with Crippen molar-refractivity contribution in [2.75, 3.05) is 18.4 Å². The minimum atomic E-state index is -4.65. The first-order valence-electron chi connectivity index (χ1n) is 15.3. The number of likely N-dealkylation sites (N-methyl/N-ethyl adjacent to an activating group) is 1. The Morgan fingerprint density at radius 3 is 2.20 bits per heavy atom. The summed E-state index contributed by atoms with van der Waals surface area (Å²) in [7, 11) is 0. The Kier molecular flexibility index (Phi) is 12.6. The van der Waals surface area contributed by atoms with E-state index in [0.717, 1.165) is 10.8 Å². The molecule has 0 aliphatic carbocycles. The molecule has 0 aliphatic heterocycles. The number of ether oxygens (including phenoxy) is 1. The number of anilines is 1. The van der Waals surface area contributed by atoms with Crippen molar-refractivity contribution >= 4 is 35.3 Å². The van der Waals surface area contributed by atoms with Gasteiger partial charge in [0.15, 0.2) is 0 Å². The molecular weight excluding hydrogens is 656 g/mol. The molecule has 50 heavy (non-hydrogen) atoms. The monoisotopic (exact) mass is 689 g/mol. The molecule has 14 nitrogen and oxygen atoms in total. The summed E-state index contributed by atoms with van der Waals surface area (Å²) in [5, 5.41) is 8.58. The second-order valence-corrected chi connectivity index (χ2v) is 10.7. The molecule has 4 amide bonds. The van der Waals surface area contributed by atoms with E-state index in [9.17, 15) is 28.8 Å². The van der Waals surface area contributed by atoms with Gasteiger partial charge in [0.2, 0.25) is 17.6 Å². The smallest absolute Gasteiger partial charge is 0.412 e. The van der Waals surface area contributed by atoms with Crippen molar-refractivity contribution in [3.63, 3.8) is 0 Å². The van der Waals surface area contributed by atoms with Crippen LogP contribution >= 0.6 is 0 Å². The highest BCUT2D eigenvalue weighted by Crippen LogP contribution is 2.20. The summed E-state index contributed by atoms with van der Waals surface area (Å²) in [5.74, 6) is -10.5. The molecule has 1 unspecified atom stereocenters. The molecule has 0 saturated carbocycles. The quantitative estimate of drug-likeness (QED) is 0.136. The lowest BCUT2D eigenvalue weighted by Crippen LogP contribution is -2.56. The van der Waals surface area contributed by atoms with Crippen LogP contribution in [0.3, 0.4) is 0 Å². The van der Waals surface area contributed by atoms with E-state index >= 15 is 8.78 Å². The van der Waals surface area contributed by atoms with E-state index < -0.39 is 66.6 Å². The minimum Gasteiger partial charge on any atom is -0.444 e. The molecule has 2 aromatic carbocycles. The van der Waals surface area contributed by atoms with Gasteiger partial charge in [0.25, 0.3) is 11.5 Å². The maximum atomic E-state index is 15.2. The molecule has 4 N–H and O–H groups in total. The molecule has 0 aliphatic rings. The number of ketones is 1. The van der Waals surface area contributed by atoms with E-state index in [-0.39, 0.29) is 24.7 Å². The molecule has 1 atom stereocenters. The van der Waals surface area contributed by atoms with Crippen molar-refractivity contribution in [3.05, 3.63) is 113 Å². The first kappa shape index (κ1) is 36.5. The zero-order valence-corrected chi connectivity index (χ0v) is 26.7. The van der Waals surface area contributed by atoms with E-state index in [4.69, 9.17) is 4.74 Å². The third-order valence-corrected chi connectivity index (χ3v) is 7.03. The van der Waals surface area contributed by atoms with Gasteiger partial charge in [-0.3, -0.25) is 38.8 Å². The molecule has 0 spiro atoms. The fourth-order valence-electron chi connectivity index (χ4n) is 4.62. The second-order valence-electron chi connectivity index (χ2n) is 10.7. The Bertz CT molecular complexity index is 1880. The molecule has 0 radical (unpaired) electrons. The van der Waals surface area contributed by atoms with Crippen LogP contribution < -0.4 is 26.8 Å². The highest BCUT2D eigenvalue weighted by atomic mass is 19.3. The topological polar surface area (TPSA) is 190 Å². The first-order valence-corrected chi connectivity index (χ1v) is 15.3. The molecule has 4 aromatic rings. The van der Waals surface area contributed by atoms with E-state index in [1.54, 1.807) is 72.9 Å². The summed E-state index contributed by atoms with van der Waals surface area (Å²) < 4.78 is 36.4. The van der Waals surface area contributed by atoms with Crippen molar-refractivity contribution in [1.29, 1.82) is 0 Å². The average molecular weight is 690 g/mol. The van der Waals surface area contributed by atoms with Gasteiger partial charge in [-0.2, -0.15) is 8.78 Å². The van der Waals surface area contributed by atoms with Gasteiger partial charge >= 0.3 is 12.0 Å². The fraction of sp³-hybridized carbons (Fsp3) is 0.235. The number of Topliss-reactive ketones (excluding diaryl/α,β-unsaturated/α-hetero) is 1. The Morgan fingerprint density at radius 2 is 1.56 bits per heavy atom. The summed E-state index contributed by atoms with van der Waals surface area (Å²) >= 11 is 0. The summed E-state index contributed by atoms with van der Waals surface area (Å²) in [4.78, 5) is 85.1. The molecule has 2 aromatic heterocycles. The third-order valence-electron chi connectivity index (χ3n) is 7.03. The van der Waals surface area contributed by atoms with E-state index in [0.29, 0.717) is 16.7 Å². The number of nitrogens with zero attached hydrogens (tertiary/aromatic N) is 3. The lowest BCUT2D eigenvalue weighted by Gasteiger charge is -2.23.